The highest BCUT2D eigenvalue weighted by molar-refractivity contribution is 8.01. The first kappa shape index (κ1) is 23.3. The lowest BCUT2D eigenvalue weighted by Gasteiger charge is -2.36. The summed E-state index contributed by atoms with van der Waals surface area (Å²) in [6.07, 6.45) is 0.749. The number of benzene rings is 1. The third kappa shape index (κ3) is 4.97. The molecule has 0 aliphatic carbocycles. The van der Waals surface area contributed by atoms with Crippen molar-refractivity contribution in [3.63, 3.8) is 0 Å². The van der Waals surface area contributed by atoms with Crippen LogP contribution in [0.4, 0.5) is 5.69 Å². The summed E-state index contributed by atoms with van der Waals surface area (Å²) in [7, 11) is 1.68. The standard InChI is InChI=1S/C23H28N6O3S2/c1-32-14-13-26-8-7-19-18(15-26)21(31)29-22(24-19)34-23(25-29)33-16-20(30)28-11-9-27(10-12-28)17-5-3-2-4-6-17/h2-6H,7-16H2,1H3. The Morgan fingerprint density at radius 2 is 1.94 bits per heavy atom. The van der Waals surface area contributed by atoms with E-state index in [1.54, 1.807) is 7.11 Å². The Bertz CT molecular complexity index is 1210. The second-order valence-corrected chi connectivity index (χ2v) is 10.6. The summed E-state index contributed by atoms with van der Waals surface area (Å²) in [5, 5.41) is 4.48. The highest BCUT2D eigenvalue weighted by atomic mass is 32.2. The molecule has 4 heterocycles. The number of carbonyl (C=O) groups is 1. The van der Waals surface area contributed by atoms with Gasteiger partial charge in [0.2, 0.25) is 10.9 Å². The molecule has 1 aromatic carbocycles. The minimum absolute atomic E-state index is 0.102. The van der Waals surface area contributed by atoms with E-state index in [4.69, 9.17) is 9.72 Å². The Labute approximate surface area is 206 Å². The van der Waals surface area contributed by atoms with E-state index >= 15 is 0 Å². The lowest BCUT2D eigenvalue weighted by atomic mass is 10.1. The zero-order valence-corrected chi connectivity index (χ0v) is 20.8. The van der Waals surface area contributed by atoms with E-state index in [2.05, 4.69) is 27.0 Å². The topological polar surface area (TPSA) is 83.3 Å². The molecule has 3 aromatic rings. The van der Waals surface area contributed by atoms with Gasteiger partial charge in [-0.15, -0.1) is 5.10 Å². The monoisotopic (exact) mass is 500 g/mol. The Morgan fingerprint density at radius 1 is 1.15 bits per heavy atom. The van der Waals surface area contributed by atoms with Gasteiger partial charge >= 0.3 is 0 Å². The molecule has 0 bridgehead atoms. The molecule has 0 saturated carbocycles. The highest BCUT2D eigenvalue weighted by Gasteiger charge is 2.24. The summed E-state index contributed by atoms with van der Waals surface area (Å²) in [4.78, 5) is 37.6. The highest BCUT2D eigenvalue weighted by Crippen LogP contribution is 2.25. The number of hydrogen-bond donors (Lipinski definition) is 0. The van der Waals surface area contributed by atoms with E-state index < -0.39 is 0 Å². The lowest BCUT2D eigenvalue weighted by molar-refractivity contribution is -0.128. The molecular formula is C23H28N6O3S2. The second kappa shape index (κ2) is 10.4. The number of thioether (sulfide) groups is 1. The number of piperazine rings is 1. The number of nitrogens with zero attached hydrogens (tertiary/aromatic N) is 6. The van der Waals surface area contributed by atoms with Gasteiger partial charge in [-0.05, 0) is 12.1 Å². The minimum Gasteiger partial charge on any atom is -0.383 e. The first-order valence-electron chi connectivity index (χ1n) is 11.5. The van der Waals surface area contributed by atoms with Crippen molar-refractivity contribution >= 4 is 39.7 Å². The molecule has 1 saturated heterocycles. The lowest BCUT2D eigenvalue weighted by Crippen LogP contribution is -2.49. The van der Waals surface area contributed by atoms with Gasteiger partial charge in [-0.25, -0.2) is 4.98 Å². The van der Waals surface area contributed by atoms with Crippen molar-refractivity contribution in [1.82, 2.24) is 24.4 Å². The Balaban J connectivity index is 1.20. The normalized spacial score (nSPS) is 16.7. The molecule has 2 aliphatic heterocycles. The van der Waals surface area contributed by atoms with Gasteiger partial charge in [0.15, 0.2) is 4.34 Å². The number of amides is 1. The van der Waals surface area contributed by atoms with Crippen LogP contribution in [0.1, 0.15) is 11.3 Å². The Morgan fingerprint density at radius 3 is 2.71 bits per heavy atom. The maximum absolute atomic E-state index is 13.1. The van der Waals surface area contributed by atoms with Gasteiger partial charge < -0.3 is 14.5 Å². The zero-order valence-electron chi connectivity index (χ0n) is 19.2. The second-order valence-electron chi connectivity index (χ2n) is 8.42. The smallest absolute Gasteiger partial charge is 0.279 e. The Hall–Kier alpha value is -2.47. The van der Waals surface area contributed by atoms with Crippen molar-refractivity contribution in [1.29, 1.82) is 0 Å². The van der Waals surface area contributed by atoms with Crippen molar-refractivity contribution in [2.45, 2.75) is 17.3 Å². The summed E-state index contributed by atoms with van der Waals surface area (Å²) in [5.41, 5.74) is 2.68. The van der Waals surface area contributed by atoms with Crippen LogP contribution in [0.15, 0.2) is 39.5 Å². The summed E-state index contributed by atoms with van der Waals surface area (Å²) < 4.78 is 7.26. The van der Waals surface area contributed by atoms with Gasteiger partial charge in [0.05, 0.1) is 23.6 Å². The minimum atomic E-state index is -0.103. The van der Waals surface area contributed by atoms with Crippen molar-refractivity contribution in [3.8, 4) is 0 Å². The number of hydrogen-bond acceptors (Lipinski definition) is 9. The predicted molar refractivity (Wildman–Crippen MR) is 134 cm³/mol. The van der Waals surface area contributed by atoms with E-state index in [1.807, 2.05) is 23.1 Å². The van der Waals surface area contributed by atoms with Gasteiger partial charge in [0, 0.05) is 65.0 Å². The molecule has 0 N–H and O–H groups in total. The summed E-state index contributed by atoms with van der Waals surface area (Å²) in [5.74, 6) is 0.412. The maximum Gasteiger partial charge on any atom is 0.279 e. The number of methoxy groups -OCH3 is 1. The molecule has 2 aromatic heterocycles. The van der Waals surface area contributed by atoms with E-state index in [9.17, 15) is 9.59 Å². The molecule has 180 valence electrons. The number of para-hydroxylation sites is 1. The van der Waals surface area contributed by atoms with Crippen LogP contribution < -0.4 is 10.5 Å². The van der Waals surface area contributed by atoms with Crippen molar-refractivity contribution in [2.24, 2.45) is 0 Å². The average molecular weight is 501 g/mol. The summed E-state index contributed by atoms with van der Waals surface area (Å²) in [6, 6.07) is 10.3. The fraction of sp³-hybridized carbons (Fsp3) is 0.478. The van der Waals surface area contributed by atoms with Crippen molar-refractivity contribution < 1.29 is 9.53 Å². The van der Waals surface area contributed by atoms with Gasteiger partial charge in [-0.2, -0.15) is 4.52 Å². The largest absolute Gasteiger partial charge is 0.383 e. The van der Waals surface area contributed by atoms with Crippen LogP contribution in [0, 0.1) is 0 Å². The molecule has 5 rings (SSSR count). The number of ether oxygens (including phenoxy) is 1. The van der Waals surface area contributed by atoms with E-state index in [0.717, 1.165) is 38.3 Å². The van der Waals surface area contributed by atoms with Crippen molar-refractivity contribution in [3.05, 3.63) is 51.9 Å². The molecule has 0 spiro atoms. The zero-order chi connectivity index (χ0) is 23.5. The van der Waals surface area contributed by atoms with Gasteiger partial charge in [0.25, 0.3) is 5.56 Å². The van der Waals surface area contributed by atoms with Crippen LogP contribution in [0.25, 0.3) is 4.96 Å². The van der Waals surface area contributed by atoms with Crippen LogP contribution in [0.2, 0.25) is 0 Å². The van der Waals surface area contributed by atoms with E-state index in [0.29, 0.717) is 46.9 Å². The molecule has 11 heteroatoms. The van der Waals surface area contributed by atoms with Gasteiger partial charge in [-0.1, -0.05) is 41.3 Å². The molecular weight excluding hydrogens is 472 g/mol. The van der Waals surface area contributed by atoms with Crippen LogP contribution >= 0.6 is 23.1 Å². The van der Waals surface area contributed by atoms with Gasteiger partial charge in [0.1, 0.15) is 0 Å². The van der Waals surface area contributed by atoms with Crippen molar-refractivity contribution in [2.75, 3.05) is 63.6 Å². The fourth-order valence-corrected chi connectivity index (χ4v) is 6.22. The molecule has 1 amide bonds. The maximum atomic E-state index is 13.1. The first-order valence-corrected chi connectivity index (χ1v) is 13.3. The van der Waals surface area contributed by atoms with E-state index in [1.165, 1.54) is 33.3 Å². The van der Waals surface area contributed by atoms with Gasteiger partial charge in [-0.3, -0.25) is 14.5 Å². The quantitative estimate of drug-likeness (QED) is 0.453. The predicted octanol–water partition coefficient (Wildman–Crippen LogP) is 1.60. The number of aromatic nitrogens is 3. The molecule has 9 nitrogen and oxygen atoms in total. The third-order valence-electron chi connectivity index (χ3n) is 6.30. The SMILES string of the molecule is COCCN1CCc2nc3sc(SCC(=O)N4CCN(c5ccccc5)CC4)nn3c(=O)c2C1. The molecule has 1 fully saturated rings. The third-order valence-corrected chi connectivity index (χ3v) is 8.33. The van der Waals surface area contributed by atoms with E-state index in [-0.39, 0.29) is 11.5 Å². The van der Waals surface area contributed by atoms with Crippen LogP contribution in [0.5, 0.6) is 0 Å². The number of fused-ring (bicyclic) bond motifs is 2. The molecule has 2 aliphatic rings. The Kier molecular flexibility index (Phi) is 7.14. The molecule has 0 radical (unpaired) electrons. The fourth-order valence-electron chi connectivity index (χ4n) is 4.37. The van der Waals surface area contributed by atoms with Crippen LogP contribution in [-0.4, -0.2) is 89.0 Å². The number of anilines is 1. The van der Waals surface area contributed by atoms with Crippen LogP contribution in [-0.2, 0) is 22.5 Å². The van der Waals surface area contributed by atoms with Crippen LogP contribution in [0.3, 0.4) is 0 Å². The molecule has 0 atom stereocenters. The first-order chi connectivity index (χ1) is 16.6. The number of carbonyl (C=O) groups excluding carboxylic acids is 1. The average Bonchev–Trinajstić information content (AvgIpc) is 3.30. The molecule has 0 unspecified atom stereocenters. The summed E-state index contributed by atoms with van der Waals surface area (Å²) >= 11 is 2.76. The number of rotatable bonds is 7. The molecule has 34 heavy (non-hydrogen) atoms. The summed E-state index contributed by atoms with van der Waals surface area (Å²) in [6.45, 7) is 5.94.